The molecule has 17 heavy (non-hydrogen) atoms. The Kier molecular flexibility index (Phi) is 5.98. The molecule has 0 heterocycles. The van der Waals surface area contributed by atoms with Crippen LogP contribution in [0.2, 0.25) is 0 Å². The van der Waals surface area contributed by atoms with E-state index in [4.69, 9.17) is 14.8 Å². The molecule has 0 rings (SSSR count). The molecule has 0 unspecified atom stereocenters. The largest absolute Gasteiger partial charge is 0.339 e. The van der Waals surface area contributed by atoms with Crippen LogP contribution in [0.3, 0.4) is 0 Å². The molecule has 102 valence electrons. The van der Waals surface area contributed by atoms with E-state index in [1.165, 1.54) is 0 Å². The molecule has 0 aliphatic heterocycles. The predicted molar refractivity (Wildman–Crippen MR) is 58.5 cm³/mol. The molecule has 0 aromatic rings. The lowest BCUT2D eigenvalue weighted by atomic mass is 10.4. The predicted octanol–water partition coefficient (Wildman–Crippen LogP) is -2.45. The summed E-state index contributed by atoms with van der Waals surface area (Å²) in [6.45, 7) is -1.23. The molecule has 0 aliphatic carbocycles. The highest BCUT2D eigenvalue weighted by Crippen LogP contribution is 1.94. The summed E-state index contributed by atoms with van der Waals surface area (Å²) in [5, 5.41) is 0. The van der Waals surface area contributed by atoms with Gasteiger partial charge in [-0.2, -0.15) is 16.8 Å². The van der Waals surface area contributed by atoms with Gasteiger partial charge in [0.1, 0.15) is 0 Å². The average molecular weight is 290 g/mol. The van der Waals surface area contributed by atoms with E-state index in [1.54, 1.807) is 0 Å². The number of rotatable bonds is 7. The monoisotopic (exact) mass is 290 g/mol. The number of amides is 1. The normalized spacial score (nSPS) is 12.4. The minimum absolute atomic E-state index is 0.398. The smallest absolute Gasteiger partial charge is 0.266 e. The highest BCUT2D eigenvalue weighted by molar-refractivity contribution is 7.86. The fourth-order valence-corrected chi connectivity index (χ4v) is 1.84. The van der Waals surface area contributed by atoms with Gasteiger partial charge in [0, 0.05) is 13.1 Å². The van der Waals surface area contributed by atoms with E-state index in [2.05, 4.69) is 0 Å². The lowest BCUT2D eigenvalue weighted by molar-refractivity contribution is -0.129. The topological polar surface area (TPSA) is 155 Å². The Bertz CT molecular complexity index is 419. The zero-order valence-electron chi connectivity index (χ0n) is 8.81. The van der Waals surface area contributed by atoms with Crippen LogP contribution in [0.1, 0.15) is 0 Å². The number of carbonyl (C=O) groups is 1. The van der Waals surface area contributed by atoms with E-state index in [0.717, 1.165) is 4.90 Å². The third-order valence-electron chi connectivity index (χ3n) is 1.77. The SMILES string of the molecule is NCC(=O)N(CCS(=O)(=O)O)CCS(=O)(=O)O. The minimum atomic E-state index is -4.26. The number of hydrogen-bond acceptors (Lipinski definition) is 6. The second-order valence-electron chi connectivity index (χ2n) is 3.16. The second kappa shape index (κ2) is 6.26. The van der Waals surface area contributed by atoms with Gasteiger partial charge >= 0.3 is 0 Å². The van der Waals surface area contributed by atoms with Gasteiger partial charge in [-0.1, -0.05) is 0 Å². The van der Waals surface area contributed by atoms with Gasteiger partial charge in [-0.25, -0.2) is 0 Å². The highest BCUT2D eigenvalue weighted by Gasteiger charge is 2.17. The van der Waals surface area contributed by atoms with Crippen molar-refractivity contribution in [2.24, 2.45) is 5.73 Å². The third-order valence-corrected chi connectivity index (χ3v) is 3.16. The summed E-state index contributed by atoms with van der Waals surface area (Å²) in [7, 11) is -8.52. The van der Waals surface area contributed by atoms with Crippen molar-refractivity contribution in [3.63, 3.8) is 0 Å². The van der Waals surface area contributed by atoms with Crippen LogP contribution in [0.25, 0.3) is 0 Å². The third kappa shape index (κ3) is 9.00. The van der Waals surface area contributed by atoms with Gasteiger partial charge in [0.15, 0.2) is 0 Å². The first kappa shape index (κ1) is 16.2. The minimum Gasteiger partial charge on any atom is -0.339 e. The maximum atomic E-state index is 11.2. The molecule has 0 fully saturated rings. The van der Waals surface area contributed by atoms with E-state index < -0.39 is 57.3 Å². The Morgan fingerprint density at radius 1 is 1.00 bits per heavy atom. The molecular weight excluding hydrogens is 276 g/mol. The van der Waals surface area contributed by atoms with Crippen molar-refractivity contribution in [3.8, 4) is 0 Å². The summed E-state index contributed by atoms with van der Waals surface area (Å²) in [6.07, 6.45) is 0. The first-order valence-corrected chi connectivity index (χ1v) is 7.65. The fourth-order valence-electron chi connectivity index (χ4n) is 0.941. The summed E-state index contributed by atoms with van der Waals surface area (Å²) >= 11 is 0. The van der Waals surface area contributed by atoms with Crippen molar-refractivity contribution in [1.29, 1.82) is 0 Å². The first-order chi connectivity index (χ1) is 7.55. The van der Waals surface area contributed by atoms with Crippen LogP contribution in [-0.2, 0) is 25.0 Å². The molecular formula is C6H14N2O7S2. The van der Waals surface area contributed by atoms with Crippen LogP contribution in [0.4, 0.5) is 0 Å². The van der Waals surface area contributed by atoms with Gasteiger partial charge in [0.2, 0.25) is 5.91 Å². The molecule has 0 saturated heterocycles. The molecule has 0 bridgehead atoms. The Hall–Kier alpha value is -0.750. The van der Waals surface area contributed by atoms with E-state index in [9.17, 15) is 21.6 Å². The van der Waals surface area contributed by atoms with E-state index in [0.29, 0.717) is 0 Å². The van der Waals surface area contributed by atoms with Gasteiger partial charge in [-0.3, -0.25) is 13.9 Å². The van der Waals surface area contributed by atoms with E-state index in [-0.39, 0.29) is 0 Å². The van der Waals surface area contributed by atoms with Gasteiger partial charge in [0.25, 0.3) is 20.2 Å². The first-order valence-electron chi connectivity index (χ1n) is 4.43. The maximum Gasteiger partial charge on any atom is 0.266 e. The molecule has 4 N–H and O–H groups in total. The molecule has 0 atom stereocenters. The van der Waals surface area contributed by atoms with Crippen LogP contribution in [0.15, 0.2) is 0 Å². The van der Waals surface area contributed by atoms with Crippen molar-refractivity contribution in [2.75, 3.05) is 31.1 Å². The van der Waals surface area contributed by atoms with Crippen LogP contribution in [-0.4, -0.2) is 67.9 Å². The van der Waals surface area contributed by atoms with Crippen molar-refractivity contribution in [2.45, 2.75) is 0 Å². The second-order valence-corrected chi connectivity index (χ2v) is 6.30. The highest BCUT2D eigenvalue weighted by atomic mass is 32.2. The van der Waals surface area contributed by atoms with Crippen LogP contribution in [0.5, 0.6) is 0 Å². The zero-order chi connectivity index (χ0) is 13.7. The van der Waals surface area contributed by atoms with E-state index in [1.807, 2.05) is 0 Å². The van der Waals surface area contributed by atoms with Crippen molar-refractivity contribution in [1.82, 2.24) is 4.90 Å². The number of carbonyl (C=O) groups excluding carboxylic acids is 1. The van der Waals surface area contributed by atoms with Crippen molar-refractivity contribution in [3.05, 3.63) is 0 Å². The maximum absolute atomic E-state index is 11.2. The lowest BCUT2D eigenvalue weighted by Gasteiger charge is -2.20. The average Bonchev–Trinajstić information content (AvgIpc) is 2.13. The molecule has 1 amide bonds. The summed E-state index contributed by atoms with van der Waals surface area (Å²) in [6, 6.07) is 0. The molecule has 9 nitrogen and oxygen atoms in total. The Morgan fingerprint density at radius 3 is 1.59 bits per heavy atom. The van der Waals surface area contributed by atoms with Crippen LogP contribution < -0.4 is 5.73 Å². The number of nitrogens with zero attached hydrogens (tertiary/aromatic N) is 1. The molecule has 0 aliphatic rings. The van der Waals surface area contributed by atoms with E-state index >= 15 is 0 Å². The summed E-state index contributed by atoms with van der Waals surface area (Å²) in [4.78, 5) is 12.0. The lowest BCUT2D eigenvalue weighted by Crippen LogP contribution is -2.41. The summed E-state index contributed by atoms with van der Waals surface area (Å²) < 4.78 is 58.8. The van der Waals surface area contributed by atoms with Gasteiger partial charge in [-0.05, 0) is 0 Å². The Morgan fingerprint density at radius 2 is 1.35 bits per heavy atom. The Balaban J connectivity index is 4.51. The number of hydrogen-bond donors (Lipinski definition) is 3. The van der Waals surface area contributed by atoms with Crippen LogP contribution >= 0.6 is 0 Å². The van der Waals surface area contributed by atoms with Crippen LogP contribution in [0, 0.1) is 0 Å². The molecule has 0 radical (unpaired) electrons. The van der Waals surface area contributed by atoms with Gasteiger partial charge in [-0.15, -0.1) is 0 Å². The Labute approximate surface area is 99.1 Å². The van der Waals surface area contributed by atoms with Gasteiger partial charge in [0.05, 0.1) is 18.1 Å². The quantitative estimate of drug-likeness (QED) is 0.436. The summed E-state index contributed by atoms with van der Waals surface area (Å²) in [5.74, 6) is -2.15. The molecule has 0 saturated carbocycles. The molecule has 11 heteroatoms. The van der Waals surface area contributed by atoms with Crippen molar-refractivity contribution < 1.29 is 30.7 Å². The van der Waals surface area contributed by atoms with Crippen molar-refractivity contribution >= 4 is 26.1 Å². The molecule has 0 aromatic heterocycles. The summed E-state index contributed by atoms with van der Waals surface area (Å²) in [5.41, 5.74) is 5.04. The zero-order valence-corrected chi connectivity index (χ0v) is 10.4. The molecule has 0 aromatic carbocycles. The standard InChI is InChI=1S/C6H14N2O7S2/c7-5-6(9)8(1-3-16(10,11)12)2-4-17(13,14)15/h1-5,7H2,(H,10,11,12)(H,13,14,15). The fraction of sp³-hybridized carbons (Fsp3) is 0.833. The molecule has 0 spiro atoms. The van der Waals surface area contributed by atoms with Gasteiger partial charge < -0.3 is 10.6 Å². The number of nitrogens with two attached hydrogens (primary N) is 1.